The molecule has 0 saturated carbocycles. The van der Waals surface area contributed by atoms with Crippen molar-refractivity contribution in [3.05, 3.63) is 48.1 Å². The molecule has 1 fully saturated rings. The first kappa shape index (κ1) is 16.8. The van der Waals surface area contributed by atoms with Crippen molar-refractivity contribution in [3.8, 4) is 0 Å². The Hall–Kier alpha value is -2.70. The summed E-state index contributed by atoms with van der Waals surface area (Å²) in [6.45, 7) is 5.22. The molecule has 3 heterocycles. The van der Waals surface area contributed by atoms with Crippen molar-refractivity contribution in [2.75, 3.05) is 13.1 Å². The Morgan fingerprint density at radius 1 is 1.35 bits per heavy atom. The molecule has 136 valence electrons. The zero-order valence-corrected chi connectivity index (χ0v) is 14.9. The Morgan fingerprint density at radius 3 is 2.81 bits per heavy atom. The van der Waals surface area contributed by atoms with Crippen LogP contribution in [-0.4, -0.2) is 43.4 Å². The minimum absolute atomic E-state index is 0.122. The van der Waals surface area contributed by atoms with E-state index in [2.05, 4.69) is 15.0 Å². The Kier molecular flexibility index (Phi) is 4.22. The first-order chi connectivity index (χ1) is 12.5. The Labute approximate surface area is 151 Å². The van der Waals surface area contributed by atoms with Gasteiger partial charge >= 0.3 is 0 Å². The van der Waals surface area contributed by atoms with E-state index >= 15 is 0 Å². The molecular weight excluding hydrogens is 333 g/mol. The summed E-state index contributed by atoms with van der Waals surface area (Å²) in [6.07, 6.45) is 5.27. The van der Waals surface area contributed by atoms with Crippen LogP contribution in [0.5, 0.6) is 0 Å². The highest BCUT2D eigenvalue weighted by Gasteiger charge is 2.29. The number of carbonyl (C=O) groups excluding carboxylic acids is 1. The monoisotopic (exact) mass is 355 g/mol. The SMILES string of the molecule is Cc1nccn1C(C)C(=O)N1CCC(c2nc3ccc(F)cc3[nH]2)CC1. The topological polar surface area (TPSA) is 66.8 Å². The van der Waals surface area contributed by atoms with E-state index in [9.17, 15) is 9.18 Å². The lowest BCUT2D eigenvalue weighted by atomic mass is 9.95. The summed E-state index contributed by atoms with van der Waals surface area (Å²) < 4.78 is 15.3. The van der Waals surface area contributed by atoms with Gasteiger partial charge in [0.1, 0.15) is 23.5 Å². The highest BCUT2D eigenvalue weighted by atomic mass is 19.1. The number of aryl methyl sites for hydroxylation is 1. The molecule has 1 atom stereocenters. The van der Waals surface area contributed by atoms with Gasteiger partial charge < -0.3 is 14.5 Å². The van der Waals surface area contributed by atoms with Crippen molar-refractivity contribution in [1.29, 1.82) is 0 Å². The lowest BCUT2D eigenvalue weighted by Gasteiger charge is -2.33. The van der Waals surface area contributed by atoms with Crippen LogP contribution in [0.4, 0.5) is 4.39 Å². The number of likely N-dealkylation sites (tertiary alicyclic amines) is 1. The summed E-state index contributed by atoms with van der Waals surface area (Å²) in [5.41, 5.74) is 1.51. The molecule has 1 unspecified atom stereocenters. The average molecular weight is 355 g/mol. The number of hydrogen-bond donors (Lipinski definition) is 1. The molecule has 1 N–H and O–H groups in total. The molecule has 26 heavy (non-hydrogen) atoms. The molecule has 1 aromatic carbocycles. The van der Waals surface area contributed by atoms with E-state index < -0.39 is 0 Å². The maximum absolute atomic E-state index is 13.4. The first-order valence-electron chi connectivity index (χ1n) is 8.96. The normalized spacial score (nSPS) is 17.0. The van der Waals surface area contributed by atoms with Crippen molar-refractivity contribution >= 4 is 16.9 Å². The van der Waals surface area contributed by atoms with E-state index in [4.69, 9.17) is 0 Å². The van der Waals surface area contributed by atoms with E-state index in [0.29, 0.717) is 13.1 Å². The highest BCUT2D eigenvalue weighted by molar-refractivity contribution is 5.80. The van der Waals surface area contributed by atoms with Crippen LogP contribution >= 0.6 is 0 Å². The van der Waals surface area contributed by atoms with Gasteiger partial charge in [-0.1, -0.05) is 0 Å². The molecule has 1 aliphatic rings. The van der Waals surface area contributed by atoms with Gasteiger partial charge in [-0.3, -0.25) is 4.79 Å². The number of nitrogens with one attached hydrogen (secondary N) is 1. The highest BCUT2D eigenvalue weighted by Crippen LogP contribution is 2.29. The minimum atomic E-state index is -0.267. The van der Waals surface area contributed by atoms with Gasteiger partial charge in [-0.2, -0.15) is 0 Å². The van der Waals surface area contributed by atoms with Gasteiger partial charge in [-0.15, -0.1) is 0 Å². The fraction of sp³-hybridized carbons (Fsp3) is 0.421. The molecule has 3 aromatic rings. The number of amides is 1. The van der Waals surface area contributed by atoms with Gasteiger partial charge in [0.15, 0.2) is 0 Å². The quantitative estimate of drug-likeness (QED) is 0.785. The van der Waals surface area contributed by atoms with Crippen molar-refractivity contribution in [2.24, 2.45) is 0 Å². The number of aromatic amines is 1. The van der Waals surface area contributed by atoms with Crippen molar-refractivity contribution in [1.82, 2.24) is 24.4 Å². The van der Waals surface area contributed by atoms with Crippen molar-refractivity contribution in [2.45, 2.75) is 38.6 Å². The lowest BCUT2D eigenvalue weighted by Crippen LogP contribution is -2.41. The summed E-state index contributed by atoms with van der Waals surface area (Å²) >= 11 is 0. The average Bonchev–Trinajstić information content (AvgIpc) is 3.26. The van der Waals surface area contributed by atoms with E-state index in [0.717, 1.165) is 35.5 Å². The zero-order valence-electron chi connectivity index (χ0n) is 14.9. The number of carbonyl (C=O) groups is 1. The standard InChI is InChI=1S/C19H22FN5O/c1-12(25-10-7-21-13(25)2)19(26)24-8-5-14(6-9-24)18-22-16-4-3-15(20)11-17(16)23-18/h3-4,7,10-12,14H,5-6,8-9H2,1-2H3,(H,22,23). The molecule has 0 spiro atoms. The van der Waals surface area contributed by atoms with Gasteiger partial charge in [0.2, 0.25) is 5.91 Å². The number of benzene rings is 1. The molecule has 7 heteroatoms. The van der Waals surface area contributed by atoms with Gasteiger partial charge in [-0.25, -0.2) is 14.4 Å². The van der Waals surface area contributed by atoms with Crippen LogP contribution in [0.3, 0.4) is 0 Å². The number of halogens is 1. The van der Waals surface area contributed by atoms with Crippen LogP contribution in [0.15, 0.2) is 30.6 Å². The van der Waals surface area contributed by atoms with Crippen LogP contribution in [0.25, 0.3) is 11.0 Å². The van der Waals surface area contributed by atoms with Crippen molar-refractivity contribution < 1.29 is 9.18 Å². The number of fused-ring (bicyclic) bond motifs is 1. The van der Waals surface area contributed by atoms with E-state index in [1.54, 1.807) is 12.3 Å². The third-order valence-electron chi connectivity index (χ3n) is 5.29. The van der Waals surface area contributed by atoms with Gasteiger partial charge in [0, 0.05) is 31.4 Å². The Balaban J connectivity index is 1.43. The van der Waals surface area contributed by atoms with Gasteiger partial charge in [0.25, 0.3) is 0 Å². The molecule has 1 amide bonds. The predicted molar refractivity (Wildman–Crippen MR) is 96.3 cm³/mol. The Bertz CT molecular complexity index is 938. The number of imidazole rings is 2. The number of hydrogen-bond acceptors (Lipinski definition) is 3. The summed E-state index contributed by atoms with van der Waals surface area (Å²) in [5.74, 6) is 1.85. The van der Waals surface area contributed by atoms with E-state index in [1.807, 2.05) is 29.5 Å². The maximum atomic E-state index is 13.4. The number of H-pyrrole nitrogens is 1. The van der Waals surface area contributed by atoms with E-state index in [1.165, 1.54) is 12.1 Å². The molecule has 0 aliphatic carbocycles. The fourth-order valence-electron chi connectivity index (χ4n) is 3.75. The van der Waals surface area contributed by atoms with Crippen LogP contribution < -0.4 is 0 Å². The fourth-order valence-corrected chi connectivity index (χ4v) is 3.75. The second-order valence-electron chi connectivity index (χ2n) is 6.94. The second-order valence-corrected chi connectivity index (χ2v) is 6.94. The number of nitrogens with zero attached hydrogens (tertiary/aromatic N) is 4. The molecule has 1 saturated heterocycles. The summed E-state index contributed by atoms with van der Waals surface area (Å²) in [5, 5.41) is 0. The number of rotatable bonds is 3. The van der Waals surface area contributed by atoms with Gasteiger partial charge in [0.05, 0.1) is 11.0 Å². The Morgan fingerprint density at radius 2 is 2.12 bits per heavy atom. The summed E-state index contributed by atoms with van der Waals surface area (Å²) in [7, 11) is 0. The predicted octanol–water partition coefficient (Wildman–Crippen LogP) is 3.17. The van der Waals surface area contributed by atoms with Crippen LogP contribution in [0.1, 0.15) is 43.4 Å². The molecule has 2 aromatic heterocycles. The second kappa shape index (κ2) is 6.55. The van der Waals surface area contributed by atoms with Crippen LogP contribution in [0.2, 0.25) is 0 Å². The van der Waals surface area contributed by atoms with Gasteiger partial charge in [-0.05, 0) is 44.9 Å². The van der Waals surface area contributed by atoms with Crippen LogP contribution in [-0.2, 0) is 4.79 Å². The minimum Gasteiger partial charge on any atom is -0.342 e. The van der Waals surface area contributed by atoms with Crippen LogP contribution in [0, 0.1) is 12.7 Å². The molecule has 4 rings (SSSR count). The molecule has 6 nitrogen and oxygen atoms in total. The zero-order chi connectivity index (χ0) is 18.3. The number of aromatic nitrogens is 4. The lowest BCUT2D eigenvalue weighted by molar-refractivity contribution is -0.135. The summed E-state index contributed by atoms with van der Waals surface area (Å²) in [4.78, 5) is 26.7. The third kappa shape index (κ3) is 2.98. The van der Waals surface area contributed by atoms with Crippen molar-refractivity contribution in [3.63, 3.8) is 0 Å². The third-order valence-corrected chi connectivity index (χ3v) is 5.29. The van der Waals surface area contributed by atoms with E-state index in [-0.39, 0.29) is 23.7 Å². The molecular formula is C19H22FN5O. The smallest absolute Gasteiger partial charge is 0.245 e. The molecule has 1 aliphatic heterocycles. The summed E-state index contributed by atoms with van der Waals surface area (Å²) in [6, 6.07) is 4.34. The largest absolute Gasteiger partial charge is 0.342 e. The first-order valence-corrected chi connectivity index (χ1v) is 8.96. The number of piperidine rings is 1. The molecule has 0 bridgehead atoms. The molecule has 0 radical (unpaired) electrons. The maximum Gasteiger partial charge on any atom is 0.245 e.